The Morgan fingerprint density at radius 3 is 2.19 bits per heavy atom. The molecule has 0 fully saturated rings. The van der Waals surface area contributed by atoms with Crippen LogP contribution in [-0.2, 0) is 18.2 Å². The summed E-state index contributed by atoms with van der Waals surface area (Å²) < 4.78 is 29.0. The lowest BCUT2D eigenvalue weighted by molar-refractivity contribution is -0.345. The van der Waals surface area contributed by atoms with Gasteiger partial charge in [0.25, 0.3) is 0 Å². The zero-order chi connectivity index (χ0) is 12.8. The largest absolute Gasteiger partial charge is 0.790 e. The third-order valence-corrected chi connectivity index (χ3v) is 2.66. The molecule has 0 bridgehead atoms. The van der Waals surface area contributed by atoms with Crippen LogP contribution in [0.3, 0.4) is 0 Å². The summed E-state index contributed by atoms with van der Waals surface area (Å²) in [4.78, 5) is 37.4. The molecule has 10 heteroatoms. The van der Waals surface area contributed by atoms with Crippen molar-refractivity contribution in [2.75, 3.05) is 6.61 Å². The number of phosphoric acid groups is 2. The molecular formula is C6H14O8P2-2. The van der Waals surface area contributed by atoms with Crippen molar-refractivity contribution in [2.24, 2.45) is 0 Å². The first-order chi connectivity index (χ1) is 7.14. The Morgan fingerprint density at radius 1 is 1.25 bits per heavy atom. The molecule has 1 atom stereocenters. The monoisotopic (exact) mass is 276 g/mol. The summed E-state index contributed by atoms with van der Waals surface area (Å²) in [5, 5.41) is 0. The maximum atomic E-state index is 10.3. The van der Waals surface area contributed by atoms with Gasteiger partial charge in [-0.05, 0) is 12.8 Å². The molecule has 1 unspecified atom stereocenters. The summed E-state index contributed by atoms with van der Waals surface area (Å²) in [5.74, 6) is 0. The number of rotatable bonds is 8. The number of hydrogen-bond donors (Lipinski definition) is 2. The van der Waals surface area contributed by atoms with Crippen molar-refractivity contribution in [1.82, 2.24) is 0 Å². The highest BCUT2D eigenvalue weighted by Gasteiger charge is 2.16. The summed E-state index contributed by atoms with van der Waals surface area (Å²) in [7, 11) is -9.65. The number of phosphoric ester groups is 2. The highest BCUT2D eigenvalue weighted by atomic mass is 31.2. The summed E-state index contributed by atoms with van der Waals surface area (Å²) in [6, 6.07) is 0. The normalized spacial score (nSPS) is 15.1. The van der Waals surface area contributed by atoms with Gasteiger partial charge in [-0.15, -0.1) is 0 Å². The lowest BCUT2D eigenvalue weighted by Gasteiger charge is -2.33. The maximum Gasteiger partial charge on any atom is 0.469 e. The second-order valence-electron chi connectivity index (χ2n) is 3.08. The SMILES string of the molecule is CCCC(CCOP(=O)(O)O)OP(=O)([O-])[O-]. The van der Waals surface area contributed by atoms with Crippen LogP contribution in [-0.4, -0.2) is 22.5 Å². The third-order valence-electron chi connectivity index (χ3n) is 1.59. The zero-order valence-electron chi connectivity index (χ0n) is 8.64. The molecule has 0 aromatic rings. The van der Waals surface area contributed by atoms with E-state index < -0.39 is 21.7 Å². The van der Waals surface area contributed by atoms with E-state index in [1.807, 2.05) is 0 Å². The van der Waals surface area contributed by atoms with E-state index >= 15 is 0 Å². The van der Waals surface area contributed by atoms with Crippen LogP contribution >= 0.6 is 15.6 Å². The van der Waals surface area contributed by atoms with Gasteiger partial charge in [-0.1, -0.05) is 13.3 Å². The predicted octanol–water partition coefficient (Wildman–Crippen LogP) is -0.500. The molecule has 2 N–H and O–H groups in total. The number of hydrogen-bond acceptors (Lipinski definition) is 6. The highest BCUT2D eigenvalue weighted by molar-refractivity contribution is 7.46. The van der Waals surface area contributed by atoms with Gasteiger partial charge in [0.2, 0.25) is 0 Å². The average Bonchev–Trinajstić information content (AvgIpc) is 1.98. The van der Waals surface area contributed by atoms with Crippen molar-refractivity contribution in [1.29, 1.82) is 0 Å². The van der Waals surface area contributed by atoms with Crippen LogP contribution < -0.4 is 9.79 Å². The van der Waals surface area contributed by atoms with Gasteiger partial charge in [0, 0.05) is 0 Å². The van der Waals surface area contributed by atoms with Crippen molar-refractivity contribution in [2.45, 2.75) is 32.3 Å². The molecule has 0 amide bonds. The molecule has 0 saturated carbocycles. The molecule has 16 heavy (non-hydrogen) atoms. The van der Waals surface area contributed by atoms with E-state index in [2.05, 4.69) is 9.05 Å². The molecule has 98 valence electrons. The third kappa shape index (κ3) is 10.7. The zero-order valence-corrected chi connectivity index (χ0v) is 10.4. The Morgan fingerprint density at radius 2 is 1.81 bits per heavy atom. The maximum absolute atomic E-state index is 10.3. The van der Waals surface area contributed by atoms with Gasteiger partial charge in [0.1, 0.15) is 0 Å². The van der Waals surface area contributed by atoms with Crippen LogP contribution in [0.1, 0.15) is 26.2 Å². The standard InChI is InChI=1S/C6H16O8P2/c1-2-3-6(14-16(10,11)12)4-5-13-15(7,8)9/h6H,2-5H2,1H3,(H2,7,8,9)(H2,10,11,12)/p-2. The van der Waals surface area contributed by atoms with Crippen molar-refractivity contribution < 1.29 is 37.8 Å². The predicted molar refractivity (Wildman–Crippen MR) is 50.0 cm³/mol. The van der Waals surface area contributed by atoms with Crippen LogP contribution in [0.4, 0.5) is 0 Å². The molecule has 0 spiro atoms. The lowest BCUT2D eigenvalue weighted by Crippen LogP contribution is -2.23. The van der Waals surface area contributed by atoms with Crippen LogP contribution in [0.5, 0.6) is 0 Å². The minimum atomic E-state index is -5.08. The van der Waals surface area contributed by atoms with Crippen molar-refractivity contribution >= 4 is 15.6 Å². The average molecular weight is 276 g/mol. The quantitative estimate of drug-likeness (QED) is 0.565. The van der Waals surface area contributed by atoms with E-state index in [9.17, 15) is 18.9 Å². The summed E-state index contributed by atoms with van der Waals surface area (Å²) in [5.41, 5.74) is 0. The molecule has 0 saturated heterocycles. The van der Waals surface area contributed by atoms with Crippen LogP contribution in [0.15, 0.2) is 0 Å². The van der Waals surface area contributed by atoms with Crippen LogP contribution in [0.2, 0.25) is 0 Å². The second-order valence-corrected chi connectivity index (χ2v) is 5.42. The molecule has 0 aliphatic heterocycles. The fourth-order valence-electron chi connectivity index (χ4n) is 1.06. The molecule has 8 nitrogen and oxygen atoms in total. The van der Waals surface area contributed by atoms with Gasteiger partial charge >= 0.3 is 7.82 Å². The fourth-order valence-corrected chi connectivity index (χ4v) is 1.98. The highest BCUT2D eigenvalue weighted by Crippen LogP contribution is 2.36. The molecule has 0 radical (unpaired) electrons. The first kappa shape index (κ1) is 16.2. The molecular weight excluding hydrogens is 262 g/mol. The fraction of sp³-hybridized carbons (Fsp3) is 1.00. The summed E-state index contributed by atoms with van der Waals surface area (Å²) in [6.45, 7) is 1.37. The topological polar surface area (TPSA) is 139 Å². The van der Waals surface area contributed by atoms with Gasteiger partial charge in [-0.25, -0.2) is 4.57 Å². The van der Waals surface area contributed by atoms with Crippen molar-refractivity contribution in [3.63, 3.8) is 0 Å². The van der Waals surface area contributed by atoms with E-state index in [0.29, 0.717) is 12.8 Å². The lowest BCUT2D eigenvalue weighted by atomic mass is 10.1. The molecule has 0 aromatic carbocycles. The molecule has 0 heterocycles. The van der Waals surface area contributed by atoms with E-state index in [-0.39, 0.29) is 13.0 Å². The Labute approximate surface area is 93.1 Å². The van der Waals surface area contributed by atoms with Gasteiger partial charge in [0.05, 0.1) is 20.5 Å². The van der Waals surface area contributed by atoms with E-state index in [0.717, 1.165) is 0 Å². The van der Waals surface area contributed by atoms with Crippen molar-refractivity contribution in [3.8, 4) is 0 Å². The van der Waals surface area contributed by atoms with E-state index in [1.54, 1.807) is 6.92 Å². The second kappa shape index (κ2) is 6.83. The Bertz CT molecular complexity index is 280. The van der Waals surface area contributed by atoms with Crippen LogP contribution in [0, 0.1) is 0 Å². The Hall–Kier alpha value is 0.220. The van der Waals surface area contributed by atoms with E-state index in [1.165, 1.54) is 0 Å². The Balaban J connectivity index is 4.04. The minimum absolute atomic E-state index is 0.0760. The molecule has 0 aliphatic rings. The van der Waals surface area contributed by atoms with Crippen LogP contribution in [0.25, 0.3) is 0 Å². The summed E-state index contributed by atoms with van der Waals surface area (Å²) in [6.07, 6.45) is -0.120. The first-order valence-corrected chi connectivity index (χ1v) is 7.53. The summed E-state index contributed by atoms with van der Waals surface area (Å²) >= 11 is 0. The first-order valence-electron chi connectivity index (χ1n) is 4.54. The van der Waals surface area contributed by atoms with Gasteiger partial charge in [-0.3, -0.25) is 4.52 Å². The minimum Gasteiger partial charge on any atom is -0.790 e. The van der Waals surface area contributed by atoms with Gasteiger partial charge in [-0.2, -0.15) is 0 Å². The molecule has 0 aliphatic carbocycles. The smallest absolute Gasteiger partial charge is 0.469 e. The van der Waals surface area contributed by atoms with Gasteiger partial charge < -0.3 is 28.7 Å². The molecule has 0 rings (SSSR count). The Kier molecular flexibility index (Phi) is 6.93. The van der Waals surface area contributed by atoms with Crippen molar-refractivity contribution in [3.05, 3.63) is 0 Å². The van der Waals surface area contributed by atoms with Gasteiger partial charge in [0.15, 0.2) is 0 Å². The molecule has 0 aromatic heterocycles. The van der Waals surface area contributed by atoms with E-state index in [4.69, 9.17) is 9.79 Å².